The zero-order chi connectivity index (χ0) is 28.6. The van der Waals surface area contributed by atoms with Gasteiger partial charge in [-0.3, -0.25) is 4.98 Å². The molecule has 208 valence electrons. The predicted octanol–water partition coefficient (Wildman–Crippen LogP) is 7.67. The lowest BCUT2D eigenvalue weighted by atomic mass is 9.75. The number of benzene rings is 4. The normalized spacial score (nSPS) is 16.2. The number of hydrogen-bond acceptors (Lipinski definition) is 2. The third kappa shape index (κ3) is 4.98. The second-order valence-corrected chi connectivity index (χ2v) is 11.7. The van der Waals surface area contributed by atoms with Crippen LogP contribution >= 0.6 is 11.6 Å². The second kappa shape index (κ2) is 11.3. The molecule has 2 aliphatic rings. The SMILES string of the molecule is OC(CCc1ncccc1C1CCC(c2ccc(Cl)cc2)=c2c1ccc1c2=CCc2ccccc2-1)c1ccc(F)cc1. The molecule has 5 aromatic rings. The van der Waals surface area contributed by atoms with Crippen LogP contribution in [-0.2, 0) is 12.8 Å². The van der Waals surface area contributed by atoms with E-state index in [0.717, 1.165) is 35.5 Å². The van der Waals surface area contributed by atoms with Crippen LogP contribution in [0.5, 0.6) is 0 Å². The molecule has 1 N–H and O–H groups in total. The van der Waals surface area contributed by atoms with E-state index in [0.29, 0.717) is 12.8 Å². The van der Waals surface area contributed by atoms with E-state index in [4.69, 9.17) is 16.6 Å². The second-order valence-electron chi connectivity index (χ2n) is 11.3. The Morgan fingerprint density at radius 3 is 2.50 bits per heavy atom. The number of rotatable bonds is 6. The van der Waals surface area contributed by atoms with Gasteiger partial charge in [0.25, 0.3) is 0 Å². The highest BCUT2D eigenvalue weighted by Crippen LogP contribution is 2.37. The first kappa shape index (κ1) is 26.8. The van der Waals surface area contributed by atoms with Crippen molar-refractivity contribution in [2.24, 2.45) is 0 Å². The molecule has 42 heavy (non-hydrogen) atoms. The predicted molar refractivity (Wildman–Crippen MR) is 168 cm³/mol. The van der Waals surface area contributed by atoms with Crippen LogP contribution < -0.4 is 10.4 Å². The third-order valence-electron chi connectivity index (χ3n) is 8.87. The summed E-state index contributed by atoms with van der Waals surface area (Å²) in [7, 11) is 0. The van der Waals surface area contributed by atoms with E-state index in [1.807, 2.05) is 24.4 Å². The van der Waals surface area contributed by atoms with Gasteiger partial charge < -0.3 is 5.11 Å². The van der Waals surface area contributed by atoms with E-state index >= 15 is 0 Å². The molecule has 0 saturated carbocycles. The fourth-order valence-corrected chi connectivity index (χ4v) is 6.94. The molecule has 2 unspecified atom stereocenters. The number of pyridine rings is 1. The molecular weight excluding hydrogens is 541 g/mol. The molecule has 2 aliphatic carbocycles. The number of halogens is 2. The minimum absolute atomic E-state index is 0.193. The summed E-state index contributed by atoms with van der Waals surface area (Å²) >= 11 is 6.28. The van der Waals surface area contributed by atoms with E-state index in [1.165, 1.54) is 61.5 Å². The quantitative estimate of drug-likeness (QED) is 0.227. The molecule has 0 radical (unpaired) electrons. The number of aliphatic hydroxyl groups is 1. The lowest BCUT2D eigenvalue weighted by Gasteiger charge is -2.29. The highest BCUT2D eigenvalue weighted by Gasteiger charge is 2.27. The minimum Gasteiger partial charge on any atom is -0.388 e. The average molecular weight is 572 g/mol. The summed E-state index contributed by atoms with van der Waals surface area (Å²) in [6.45, 7) is 0. The molecule has 7 rings (SSSR count). The van der Waals surface area contributed by atoms with Gasteiger partial charge in [0.2, 0.25) is 0 Å². The van der Waals surface area contributed by atoms with Crippen LogP contribution in [0.15, 0.2) is 103 Å². The molecule has 4 heteroatoms. The Morgan fingerprint density at radius 1 is 0.857 bits per heavy atom. The van der Waals surface area contributed by atoms with E-state index < -0.39 is 6.10 Å². The number of fused-ring (bicyclic) bond motifs is 5. The van der Waals surface area contributed by atoms with Crippen LogP contribution in [0.3, 0.4) is 0 Å². The summed E-state index contributed by atoms with van der Waals surface area (Å²) in [5, 5.41) is 14.3. The molecular formula is C38H31ClFNO. The van der Waals surface area contributed by atoms with Crippen molar-refractivity contribution in [2.45, 2.75) is 44.1 Å². The van der Waals surface area contributed by atoms with Gasteiger partial charge in [0.15, 0.2) is 0 Å². The van der Waals surface area contributed by atoms with Crippen molar-refractivity contribution in [3.05, 3.63) is 158 Å². The highest BCUT2D eigenvalue weighted by molar-refractivity contribution is 6.30. The Balaban J connectivity index is 1.33. The molecule has 0 saturated heterocycles. The molecule has 1 aromatic heterocycles. The zero-order valence-corrected chi connectivity index (χ0v) is 24.0. The summed E-state index contributed by atoms with van der Waals surface area (Å²) in [4.78, 5) is 4.81. The van der Waals surface area contributed by atoms with Crippen LogP contribution in [0.1, 0.15) is 64.8 Å². The molecule has 0 aliphatic heterocycles. The maximum atomic E-state index is 13.4. The van der Waals surface area contributed by atoms with Gasteiger partial charge in [0.05, 0.1) is 6.10 Å². The van der Waals surface area contributed by atoms with Crippen molar-refractivity contribution in [3.8, 4) is 11.1 Å². The Morgan fingerprint density at radius 2 is 1.67 bits per heavy atom. The smallest absolute Gasteiger partial charge is 0.123 e. The number of hydrogen-bond donors (Lipinski definition) is 1. The standard InChI is InChI=1S/C38H31ClFNO/c39-27-12-7-25(8-13-27)30-17-18-32(35-20-19-31-29-5-2-1-4-24(29)11-16-34(31)38(30)35)33-6-3-23-41-36(33)21-22-37(42)26-9-14-28(40)15-10-26/h1-10,12-16,19-20,23,32,37,42H,11,17-18,21-22H2. The van der Waals surface area contributed by atoms with Crippen molar-refractivity contribution in [1.29, 1.82) is 0 Å². The van der Waals surface area contributed by atoms with E-state index in [9.17, 15) is 9.50 Å². The maximum absolute atomic E-state index is 13.4. The van der Waals surface area contributed by atoms with Crippen LogP contribution in [-0.4, -0.2) is 10.1 Å². The van der Waals surface area contributed by atoms with Gasteiger partial charge in [-0.2, -0.15) is 0 Å². The van der Waals surface area contributed by atoms with E-state index in [-0.39, 0.29) is 11.7 Å². The molecule has 1 heterocycles. The monoisotopic (exact) mass is 571 g/mol. The first-order chi connectivity index (χ1) is 20.6. The summed E-state index contributed by atoms with van der Waals surface area (Å²) in [5.74, 6) is -0.106. The Kier molecular flexibility index (Phi) is 7.23. The lowest BCUT2D eigenvalue weighted by molar-refractivity contribution is 0.167. The molecule has 2 nitrogen and oxygen atoms in total. The highest BCUT2D eigenvalue weighted by atomic mass is 35.5. The first-order valence-corrected chi connectivity index (χ1v) is 15.0. The molecule has 0 fully saturated rings. The summed E-state index contributed by atoms with van der Waals surface area (Å²) in [5.41, 5.74) is 10.8. The Hall–Kier alpha value is -4.05. The fourth-order valence-electron chi connectivity index (χ4n) is 6.82. The summed E-state index contributed by atoms with van der Waals surface area (Å²) in [6.07, 6.45) is 7.55. The van der Waals surface area contributed by atoms with Gasteiger partial charge >= 0.3 is 0 Å². The van der Waals surface area contributed by atoms with Crippen molar-refractivity contribution in [2.75, 3.05) is 0 Å². The van der Waals surface area contributed by atoms with Crippen LogP contribution in [0, 0.1) is 5.82 Å². The fraction of sp³-hybridized carbons (Fsp3) is 0.184. The molecule has 2 atom stereocenters. The number of aliphatic hydroxyl groups excluding tert-OH is 1. The number of aryl methyl sites for hydroxylation is 1. The van der Waals surface area contributed by atoms with Crippen LogP contribution in [0.25, 0.3) is 22.8 Å². The first-order valence-electron chi connectivity index (χ1n) is 14.6. The van der Waals surface area contributed by atoms with Gasteiger partial charge in [-0.15, -0.1) is 0 Å². The Labute approximate surface area is 250 Å². The van der Waals surface area contributed by atoms with Crippen LogP contribution in [0.4, 0.5) is 4.39 Å². The third-order valence-corrected chi connectivity index (χ3v) is 9.13. The average Bonchev–Trinajstić information content (AvgIpc) is 3.03. The summed E-state index contributed by atoms with van der Waals surface area (Å²) in [6, 6.07) is 31.9. The summed E-state index contributed by atoms with van der Waals surface area (Å²) < 4.78 is 13.4. The molecule has 0 spiro atoms. The minimum atomic E-state index is -0.675. The van der Waals surface area contributed by atoms with Crippen molar-refractivity contribution < 1.29 is 9.50 Å². The molecule has 0 amide bonds. The van der Waals surface area contributed by atoms with Crippen molar-refractivity contribution in [3.63, 3.8) is 0 Å². The van der Waals surface area contributed by atoms with Crippen molar-refractivity contribution in [1.82, 2.24) is 4.98 Å². The van der Waals surface area contributed by atoms with Gasteiger partial charge in [-0.05, 0) is 117 Å². The topological polar surface area (TPSA) is 33.1 Å². The Bertz CT molecular complexity index is 1900. The molecule has 0 bridgehead atoms. The van der Waals surface area contributed by atoms with Gasteiger partial charge in [-0.25, -0.2) is 4.39 Å². The zero-order valence-electron chi connectivity index (χ0n) is 23.2. The van der Waals surface area contributed by atoms with Crippen molar-refractivity contribution >= 4 is 23.3 Å². The van der Waals surface area contributed by atoms with Gasteiger partial charge in [0.1, 0.15) is 5.82 Å². The van der Waals surface area contributed by atoms with E-state index in [2.05, 4.69) is 60.7 Å². The van der Waals surface area contributed by atoms with Gasteiger partial charge in [0, 0.05) is 22.8 Å². The molecule has 4 aromatic carbocycles. The maximum Gasteiger partial charge on any atom is 0.123 e. The van der Waals surface area contributed by atoms with Gasteiger partial charge in [-0.1, -0.05) is 84.4 Å². The largest absolute Gasteiger partial charge is 0.388 e. The number of nitrogens with zero attached hydrogens (tertiary/aromatic N) is 1. The van der Waals surface area contributed by atoms with E-state index in [1.54, 1.807) is 12.1 Å². The van der Waals surface area contributed by atoms with Crippen LogP contribution in [0.2, 0.25) is 5.02 Å². The number of aromatic nitrogens is 1. The lowest BCUT2D eigenvalue weighted by Crippen LogP contribution is -2.38.